The molecule has 0 radical (unpaired) electrons. The molecule has 0 unspecified atom stereocenters. The van der Waals surface area contributed by atoms with Gasteiger partial charge in [-0.1, -0.05) is 6.07 Å². The molecule has 0 fully saturated rings. The molecule has 2 aliphatic rings. The summed E-state index contributed by atoms with van der Waals surface area (Å²) in [6.45, 7) is 3.06. The van der Waals surface area contributed by atoms with Crippen LogP contribution < -0.4 is 14.5 Å². The third kappa shape index (κ3) is 1.89. The molecule has 0 saturated heterocycles. The Morgan fingerprint density at radius 2 is 2.12 bits per heavy atom. The lowest BCUT2D eigenvalue weighted by atomic mass is 10.1. The van der Waals surface area contributed by atoms with Gasteiger partial charge in [-0.25, -0.2) is 4.98 Å². The van der Waals surface area contributed by atoms with Crippen LogP contribution in [0.5, 0.6) is 5.75 Å². The van der Waals surface area contributed by atoms with E-state index < -0.39 is 0 Å². The third-order valence-corrected chi connectivity index (χ3v) is 4.71. The summed E-state index contributed by atoms with van der Waals surface area (Å²) in [5.74, 6) is 0.866. The average molecular weight is 320 g/mol. The van der Waals surface area contributed by atoms with Crippen LogP contribution in [0, 0.1) is 0 Å². The summed E-state index contributed by atoms with van der Waals surface area (Å²) in [5, 5.41) is 0. The number of hydrogen-bond acceptors (Lipinski definition) is 4. The number of hydrogen-bond donors (Lipinski definition) is 1. The van der Waals surface area contributed by atoms with E-state index in [1.807, 2.05) is 41.3 Å². The van der Waals surface area contributed by atoms with Crippen molar-refractivity contribution in [3.05, 3.63) is 48.3 Å². The summed E-state index contributed by atoms with van der Waals surface area (Å²) in [5.41, 5.74) is 4.36. The number of anilines is 2. The van der Waals surface area contributed by atoms with Crippen LogP contribution in [0.25, 0.3) is 11.0 Å². The first-order valence-electron chi connectivity index (χ1n) is 8.07. The average Bonchev–Trinajstić information content (AvgIpc) is 3.10. The number of benzene rings is 2. The van der Waals surface area contributed by atoms with Crippen LogP contribution in [0.15, 0.2) is 42.7 Å². The standard InChI is InChI=1S/C18H16N4O2/c23-18(12-4-5-13-14(10-12)20-11-19-13)22-7-6-21-8-9-24-16-3-1-2-15(22)17(16)21/h1-5,10-11H,6-9H2,(H,19,20). The van der Waals surface area contributed by atoms with Crippen LogP contribution in [0.3, 0.4) is 0 Å². The van der Waals surface area contributed by atoms with Crippen molar-refractivity contribution >= 4 is 28.3 Å². The largest absolute Gasteiger partial charge is 0.489 e. The molecule has 1 aromatic heterocycles. The van der Waals surface area contributed by atoms with E-state index in [2.05, 4.69) is 14.9 Å². The van der Waals surface area contributed by atoms with Gasteiger partial charge in [0, 0.05) is 18.7 Å². The first kappa shape index (κ1) is 13.4. The summed E-state index contributed by atoms with van der Waals surface area (Å²) in [6.07, 6.45) is 1.64. The highest BCUT2D eigenvalue weighted by molar-refractivity contribution is 6.10. The molecular weight excluding hydrogens is 304 g/mol. The number of fused-ring (bicyclic) bond motifs is 1. The fourth-order valence-electron chi connectivity index (χ4n) is 3.54. The summed E-state index contributed by atoms with van der Waals surface area (Å²) in [6, 6.07) is 11.5. The van der Waals surface area contributed by atoms with Crippen molar-refractivity contribution in [3.8, 4) is 5.75 Å². The minimum atomic E-state index is 0.00474. The van der Waals surface area contributed by atoms with Crippen LogP contribution in [-0.4, -0.2) is 42.1 Å². The summed E-state index contributed by atoms with van der Waals surface area (Å²) in [7, 11) is 0. The SMILES string of the molecule is O=C(c1ccc2nc[nH]c2c1)N1CCN2CCOc3cccc1c32. The van der Waals surface area contributed by atoms with Crippen molar-refractivity contribution < 1.29 is 9.53 Å². The molecule has 5 rings (SSSR count). The highest BCUT2D eigenvalue weighted by Crippen LogP contribution is 2.43. The lowest BCUT2D eigenvalue weighted by Gasteiger charge is -2.41. The second-order valence-corrected chi connectivity index (χ2v) is 6.05. The van der Waals surface area contributed by atoms with Crippen LogP contribution in [0.4, 0.5) is 11.4 Å². The van der Waals surface area contributed by atoms with Gasteiger partial charge in [0.2, 0.25) is 0 Å². The number of aromatic amines is 1. The molecule has 6 heteroatoms. The molecule has 0 aliphatic carbocycles. The topological polar surface area (TPSA) is 61.5 Å². The van der Waals surface area contributed by atoms with E-state index >= 15 is 0 Å². The summed E-state index contributed by atoms with van der Waals surface area (Å²) < 4.78 is 5.76. The number of para-hydroxylation sites is 1. The molecule has 0 spiro atoms. The number of rotatable bonds is 1. The zero-order valence-electron chi connectivity index (χ0n) is 13.0. The maximum Gasteiger partial charge on any atom is 0.258 e. The van der Waals surface area contributed by atoms with Crippen molar-refractivity contribution in [1.82, 2.24) is 9.97 Å². The number of nitrogens with one attached hydrogen (secondary N) is 1. The van der Waals surface area contributed by atoms with Gasteiger partial charge < -0.3 is 19.5 Å². The van der Waals surface area contributed by atoms with Crippen molar-refractivity contribution in [2.24, 2.45) is 0 Å². The molecule has 120 valence electrons. The zero-order chi connectivity index (χ0) is 16.1. The van der Waals surface area contributed by atoms with Crippen LogP contribution in [0.2, 0.25) is 0 Å². The van der Waals surface area contributed by atoms with Gasteiger partial charge in [-0.3, -0.25) is 4.79 Å². The number of aromatic nitrogens is 2. The molecular formula is C18H16N4O2. The quantitative estimate of drug-likeness (QED) is 0.748. The van der Waals surface area contributed by atoms with Gasteiger partial charge in [-0.15, -0.1) is 0 Å². The number of nitrogens with zero attached hydrogens (tertiary/aromatic N) is 3. The van der Waals surface area contributed by atoms with Gasteiger partial charge in [0.1, 0.15) is 18.0 Å². The molecule has 1 N–H and O–H groups in total. The number of imidazole rings is 1. The van der Waals surface area contributed by atoms with E-state index in [0.29, 0.717) is 18.7 Å². The van der Waals surface area contributed by atoms with E-state index in [0.717, 1.165) is 41.2 Å². The highest BCUT2D eigenvalue weighted by Gasteiger charge is 2.31. The van der Waals surface area contributed by atoms with E-state index in [1.165, 1.54) is 0 Å². The van der Waals surface area contributed by atoms with Crippen LogP contribution >= 0.6 is 0 Å². The fraction of sp³-hybridized carbons (Fsp3) is 0.222. The number of H-pyrrole nitrogens is 1. The minimum Gasteiger partial charge on any atom is -0.489 e. The lowest BCUT2D eigenvalue weighted by Crippen LogP contribution is -2.47. The number of ether oxygens (including phenoxy) is 1. The van der Waals surface area contributed by atoms with Gasteiger partial charge in [-0.2, -0.15) is 0 Å². The first-order chi connectivity index (χ1) is 11.8. The van der Waals surface area contributed by atoms with Crippen LogP contribution in [-0.2, 0) is 0 Å². The first-order valence-corrected chi connectivity index (χ1v) is 8.07. The Balaban J connectivity index is 1.58. The van der Waals surface area contributed by atoms with Gasteiger partial charge in [-0.05, 0) is 30.3 Å². The van der Waals surface area contributed by atoms with E-state index in [1.54, 1.807) is 6.33 Å². The monoisotopic (exact) mass is 320 g/mol. The Hall–Kier alpha value is -3.02. The maximum atomic E-state index is 13.1. The van der Waals surface area contributed by atoms with Crippen molar-refractivity contribution in [2.75, 3.05) is 36.0 Å². The smallest absolute Gasteiger partial charge is 0.258 e. The predicted octanol–water partition coefficient (Wildman–Crippen LogP) is 2.42. The Bertz CT molecular complexity index is 949. The Morgan fingerprint density at radius 1 is 1.17 bits per heavy atom. The Morgan fingerprint density at radius 3 is 3.08 bits per heavy atom. The number of carbonyl (C=O) groups excluding carboxylic acids is 1. The highest BCUT2D eigenvalue weighted by atomic mass is 16.5. The third-order valence-electron chi connectivity index (χ3n) is 4.71. The molecule has 0 bridgehead atoms. The minimum absolute atomic E-state index is 0.00474. The second-order valence-electron chi connectivity index (χ2n) is 6.05. The molecule has 2 aromatic carbocycles. The molecule has 0 atom stereocenters. The van der Waals surface area contributed by atoms with E-state index in [4.69, 9.17) is 4.74 Å². The summed E-state index contributed by atoms with van der Waals surface area (Å²) in [4.78, 5) is 24.5. The van der Waals surface area contributed by atoms with Crippen LogP contribution in [0.1, 0.15) is 10.4 Å². The molecule has 3 aromatic rings. The lowest BCUT2D eigenvalue weighted by molar-refractivity contribution is 0.0986. The van der Waals surface area contributed by atoms with E-state index in [9.17, 15) is 4.79 Å². The molecule has 24 heavy (non-hydrogen) atoms. The van der Waals surface area contributed by atoms with E-state index in [-0.39, 0.29) is 5.91 Å². The molecule has 3 heterocycles. The molecule has 1 amide bonds. The Labute approximate surface area is 138 Å². The fourth-order valence-corrected chi connectivity index (χ4v) is 3.54. The van der Waals surface area contributed by atoms with Crippen molar-refractivity contribution in [3.63, 3.8) is 0 Å². The molecule has 6 nitrogen and oxygen atoms in total. The van der Waals surface area contributed by atoms with Crippen molar-refractivity contribution in [2.45, 2.75) is 0 Å². The second kappa shape index (κ2) is 4.99. The predicted molar refractivity (Wildman–Crippen MR) is 91.9 cm³/mol. The zero-order valence-corrected chi connectivity index (χ0v) is 13.0. The van der Waals surface area contributed by atoms with Gasteiger partial charge in [0.15, 0.2) is 0 Å². The molecule has 0 saturated carbocycles. The number of amides is 1. The van der Waals surface area contributed by atoms with Gasteiger partial charge in [0.25, 0.3) is 5.91 Å². The maximum absolute atomic E-state index is 13.1. The Kier molecular flexibility index (Phi) is 2.79. The number of carbonyl (C=O) groups is 1. The van der Waals surface area contributed by atoms with Gasteiger partial charge >= 0.3 is 0 Å². The summed E-state index contributed by atoms with van der Waals surface area (Å²) >= 11 is 0. The van der Waals surface area contributed by atoms with Crippen molar-refractivity contribution in [1.29, 1.82) is 0 Å². The molecule has 2 aliphatic heterocycles. The van der Waals surface area contributed by atoms with Gasteiger partial charge in [0.05, 0.1) is 29.6 Å². The normalized spacial score (nSPS) is 16.0.